The van der Waals surface area contributed by atoms with Crippen LogP contribution in [0.3, 0.4) is 0 Å². The summed E-state index contributed by atoms with van der Waals surface area (Å²) in [6.45, 7) is 5.23. The molecule has 16 heavy (non-hydrogen) atoms. The van der Waals surface area contributed by atoms with Crippen molar-refractivity contribution in [3.63, 3.8) is 0 Å². The van der Waals surface area contributed by atoms with Gasteiger partial charge in [0.05, 0.1) is 0 Å². The summed E-state index contributed by atoms with van der Waals surface area (Å²) in [7, 11) is 1.93. The van der Waals surface area contributed by atoms with Crippen LogP contribution < -0.4 is 5.32 Å². The van der Waals surface area contributed by atoms with Gasteiger partial charge in [-0.2, -0.15) is 0 Å². The molecule has 2 unspecified atom stereocenters. The van der Waals surface area contributed by atoms with Crippen LogP contribution in [0.5, 0.6) is 0 Å². The molecule has 94 valence electrons. The topological polar surface area (TPSA) is 32.3 Å². The van der Waals surface area contributed by atoms with E-state index >= 15 is 0 Å². The Balaban J connectivity index is 2.31. The zero-order chi connectivity index (χ0) is 12.0. The van der Waals surface area contributed by atoms with Gasteiger partial charge in [0.2, 0.25) is 0 Å². The Morgan fingerprint density at radius 3 is 2.81 bits per heavy atom. The number of carbonyl (C=O) groups is 1. The van der Waals surface area contributed by atoms with Crippen molar-refractivity contribution in [2.24, 2.45) is 5.92 Å². The minimum Gasteiger partial charge on any atom is -0.338 e. The number of rotatable bonds is 4. The van der Waals surface area contributed by atoms with E-state index < -0.39 is 0 Å². The average molecular weight is 226 g/mol. The maximum absolute atomic E-state index is 11.8. The molecule has 0 spiro atoms. The predicted molar refractivity (Wildman–Crippen MR) is 67.5 cm³/mol. The lowest BCUT2D eigenvalue weighted by atomic mass is 9.86. The maximum atomic E-state index is 11.8. The van der Waals surface area contributed by atoms with Gasteiger partial charge in [-0.05, 0) is 25.2 Å². The Hall–Kier alpha value is -0.730. The van der Waals surface area contributed by atoms with Crippen LogP contribution >= 0.6 is 0 Å². The first kappa shape index (κ1) is 13.3. The molecule has 1 aliphatic carbocycles. The molecule has 3 heteroatoms. The minimum atomic E-state index is 0.104. The maximum Gasteiger partial charge on any atom is 0.317 e. The molecule has 0 aromatic heterocycles. The van der Waals surface area contributed by atoms with E-state index in [1.165, 1.54) is 19.3 Å². The first-order valence-corrected chi connectivity index (χ1v) is 6.65. The number of carbonyl (C=O) groups excluding carboxylic acids is 1. The van der Waals surface area contributed by atoms with Crippen molar-refractivity contribution < 1.29 is 4.79 Å². The molecule has 0 saturated heterocycles. The van der Waals surface area contributed by atoms with Crippen LogP contribution in [-0.2, 0) is 0 Å². The monoisotopic (exact) mass is 226 g/mol. The Morgan fingerprint density at radius 1 is 1.44 bits per heavy atom. The van der Waals surface area contributed by atoms with Gasteiger partial charge < -0.3 is 10.2 Å². The summed E-state index contributed by atoms with van der Waals surface area (Å²) in [5, 5.41) is 2.98. The third kappa shape index (κ3) is 4.03. The number of nitrogens with zero attached hydrogens (tertiary/aromatic N) is 1. The van der Waals surface area contributed by atoms with Crippen molar-refractivity contribution in [1.82, 2.24) is 10.2 Å². The zero-order valence-corrected chi connectivity index (χ0v) is 11.0. The molecule has 1 rings (SSSR count). The first-order valence-electron chi connectivity index (χ1n) is 6.65. The third-order valence-electron chi connectivity index (χ3n) is 3.58. The van der Waals surface area contributed by atoms with Gasteiger partial charge in [-0.25, -0.2) is 4.79 Å². The predicted octanol–water partition coefficient (Wildman–Crippen LogP) is 3.01. The van der Waals surface area contributed by atoms with E-state index in [1.807, 2.05) is 11.9 Å². The minimum absolute atomic E-state index is 0.104. The molecule has 2 amide bonds. The number of hydrogen-bond acceptors (Lipinski definition) is 1. The first-order chi connectivity index (χ1) is 7.65. The molecule has 0 heterocycles. The van der Waals surface area contributed by atoms with E-state index in [1.54, 1.807) is 0 Å². The van der Waals surface area contributed by atoms with Gasteiger partial charge in [0.1, 0.15) is 0 Å². The molecule has 0 aliphatic heterocycles. The lowest BCUT2D eigenvalue weighted by Gasteiger charge is -2.34. The van der Waals surface area contributed by atoms with Crippen molar-refractivity contribution in [3.8, 4) is 0 Å². The smallest absolute Gasteiger partial charge is 0.317 e. The fourth-order valence-electron chi connectivity index (χ4n) is 2.42. The molecule has 1 aliphatic rings. The van der Waals surface area contributed by atoms with Gasteiger partial charge in [0, 0.05) is 19.6 Å². The van der Waals surface area contributed by atoms with Crippen LogP contribution in [0.4, 0.5) is 4.79 Å². The van der Waals surface area contributed by atoms with Crippen molar-refractivity contribution in [2.45, 2.75) is 58.4 Å². The fourth-order valence-corrected chi connectivity index (χ4v) is 2.42. The van der Waals surface area contributed by atoms with E-state index in [4.69, 9.17) is 0 Å². The van der Waals surface area contributed by atoms with Gasteiger partial charge in [-0.15, -0.1) is 0 Å². The van der Waals surface area contributed by atoms with E-state index in [0.29, 0.717) is 6.04 Å². The second kappa shape index (κ2) is 6.77. The number of hydrogen-bond donors (Lipinski definition) is 1. The van der Waals surface area contributed by atoms with E-state index in [2.05, 4.69) is 19.2 Å². The Kier molecular flexibility index (Phi) is 5.64. The average Bonchev–Trinajstić information content (AvgIpc) is 2.28. The Bertz CT molecular complexity index is 218. The van der Waals surface area contributed by atoms with Crippen LogP contribution in [0.1, 0.15) is 52.4 Å². The van der Waals surface area contributed by atoms with E-state index in [-0.39, 0.29) is 6.03 Å². The number of urea groups is 1. The van der Waals surface area contributed by atoms with Gasteiger partial charge in [0.25, 0.3) is 0 Å². The number of amides is 2. The van der Waals surface area contributed by atoms with E-state index in [9.17, 15) is 4.79 Å². The van der Waals surface area contributed by atoms with Crippen LogP contribution in [0.25, 0.3) is 0 Å². The highest BCUT2D eigenvalue weighted by molar-refractivity contribution is 5.74. The molecular formula is C13H26N2O. The second-order valence-electron chi connectivity index (χ2n) is 5.12. The quantitative estimate of drug-likeness (QED) is 0.734. The van der Waals surface area contributed by atoms with E-state index in [0.717, 1.165) is 31.7 Å². The van der Waals surface area contributed by atoms with Crippen molar-refractivity contribution in [3.05, 3.63) is 0 Å². The van der Waals surface area contributed by atoms with Gasteiger partial charge in [-0.1, -0.05) is 33.1 Å². The standard InChI is InChI=1S/C13H26N2O/c1-4-5-9-14-13(16)15(3)12-8-6-7-11(2)10-12/h11-12H,4-10H2,1-3H3,(H,14,16). The normalized spacial score (nSPS) is 25.2. The summed E-state index contributed by atoms with van der Waals surface area (Å²) in [4.78, 5) is 13.7. The molecule has 1 fully saturated rings. The van der Waals surface area contributed by atoms with Crippen molar-refractivity contribution in [1.29, 1.82) is 0 Å². The summed E-state index contributed by atoms with van der Waals surface area (Å²) >= 11 is 0. The summed E-state index contributed by atoms with van der Waals surface area (Å²) in [6, 6.07) is 0.554. The molecule has 0 bridgehead atoms. The van der Waals surface area contributed by atoms with Gasteiger partial charge >= 0.3 is 6.03 Å². The highest BCUT2D eigenvalue weighted by atomic mass is 16.2. The molecular weight excluding hydrogens is 200 g/mol. The number of nitrogens with one attached hydrogen (secondary N) is 1. The van der Waals surface area contributed by atoms with Crippen LogP contribution in [0.2, 0.25) is 0 Å². The zero-order valence-electron chi connectivity index (χ0n) is 11.0. The van der Waals surface area contributed by atoms with Crippen LogP contribution in [0.15, 0.2) is 0 Å². The molecule has 0 aromatic rings. The summed E-state index contributed by atoms with van der Waals surface area (Å²) < 4.78 is 0. The summed E-state index contributed by atoms with van der Waals surface area (Å²) in [5.74, 6) is 0.768. The fraction of sp³-hybridized carbons (Fsp3) is 0.923. The lowest BCUT2D eigenvalue weighted by Crippen LogP contribution is -2.45. The lowest BCUT2D eigenvalue weighted by molar-refractivity contribution is 0.160. The second-order valence-corrected chi connectivity index (χ2v) is 5.12. The largest absolute Gasteiger partial charge is 0.338 e. The summed E-state index contributed by atoms with van der Waals surface area (Å²) in [5.41, 5.74) is 0. The Morgan fingerprint density at radius 2 is 2.19 bits per heavy atom. The third-order valence-corrected chi connectivity index (χ3v) is 3.58. The molecule has 1 N–H and O–H groups in total. The highest BCUT2D eigenvalue weighted by Crippen LogP contribution is 2.26. The highest BCUT2D eigenvalue weighted by Gasteiger charge is 2.24. The molecule has 1 saturated carbocycles. The summed E-state index contributed by atoms with van der Waals surface area (Å²) in [6.07, 6.45) is 7.12. The van der Waals surface area contributed by atoms with Gasteiger partial charge in [-0.3, -0.25) is 0 Å². The molecule has 0 radical (unpaired) electrons. The van der Waals surface area contributed by atoms with Crippen molar-refractivity contribution in [2.75, 3.05) is 13.6 Å². The Labute approximate surface area is 99.6 Å². The van der Waals surface area contributed by atoms with Crippen LogP contribution in [-0.4, -0.2) is 30.6 Å². The SMILES string of the molecule is CCCCNC(=O)N(C)C1CCCC(C)C1. The van der Waals surface area contributed by atoms with Crippen LogP contribution in [0, 0.1) is 5.92 Å². The molecule has 3 nitrogen and oxygen atoms in total. The molecule has 0 aromatic carbocycles. The van der Waals surface area contributed by atoms with Crippen molar-refractivity contribution >= 4 is 6.03 Å². The molecule has 2 atom stereocenters. The number of unbranched alkanes of at least 4 members (excludes halogenated alkanes) is 1. The van der Waals surface area contributed by atoms with Gasteiger partial charge in [0.15, 0.2) is 0 Å².